The van der Waals surface area contributed by atoms with Gasteiger partial charge in [-0.2, -0.15) is 0 Å². The van der Waals surface area contributed by atoms with E-state index in [9.17, 15) is 4.79 Å². The van der Waals surface area contributed by atoms with Crippen LogP contribution in [0.1, 0.15) is 22.8 Å². The fraction of sp³-hybridized carbons (Fsp3) is 0.188. The van der Waals surface area contributed by atoms with Gasteiger partial charge in [-0.15, -0.1) is 0 Å². The Balaban J connectivity index is 2.44. The Morgan fingerprint density at radius 1 is 1.16 bits per heavy atom. The molecule has 3 heteroatoms. The Bertz CT molecular complexity index is 768. The molecule has 3 aromatic rings. The summed E-state index contributed by atoms with van der Waals surface area (Å²) in [6, 6.07) is 9.89. The summed E-state index contributed by atoms with van der Waals surface area (Å²) in [5.41, 5.74) is 2.03. The van der Waals surface area contributed by atoms with Gasteiger partial charge in [0.25, 0.3) is 0 Å². The maximum atomic E-state index is 12.1. The third-order valence-corrected chi connectivity index (χ3v) is 3.37. The van der Waals surface area contributed by atoms with Crippen LogP contribution in [0.25, 0.3) is 21.7 Å². The normalized spacial score (nSPS) is 11.1. The van der Waals surface area contributed by atoms with Crippen molar-refractivity contribution in [2.75, 3.05) is 6.61 Å². The summed E-state index contributed by atoms with van der Waals surface area (Å²) in [5, 5.41) is 3.10. The van der Waals surface area contributed by atoms with Gasteiger partial charge in [-0.3, -0.25) is 0 Å². The van der Waals surface area contributed by atoms with Crippen molar-refractivity contribution in [3.8, 4) is 0 Å². The number of hydrogen-bond donors (Lipinski definition) is 0. The SMILES string of the molecule is CCOC(=O)c1c(C)c2ccccc2c2ccoc12. The van der Waals surface area contributed by atoms with Crippen molar-refractivity contribution >= 4 is 27.7 Å². The Labute approximate surface area is 110 Å². The van der Waals surface area contributed by atoms with Crippen LogP contribution in [0.15, 0.2) is 41.0 Å². The first kappa shape index (κ1) is 11.8. The highest BCUT2D eigenvalue weighted by Gasteiger charge is 2.20. The Morgan fingerprint density at radius 2 is 1.89 bits per heavy atom. The van der Waals surface area contributed by atoms with Crippen molar-refractivity contribution in [3.63, 3.8) is 0 Å². The van der Waals surface area contributed by atoms with Gasteiger partial charge in [-0.05, 0) is 36.2 Å². The molecular formula is C16H14O3. The topological polar surface area (TPSA) is 39.4 Å². The van der Waals surface area contributed by atoms with Crippen LogP contribution < -0.4 is 0 Å². The van der Waals surface area contributed by atoms with Crippen molar-refractivity contribution in [1.82, 2.24) is 0 Å². The molecule has 96 valence electrons. The second-order valence-corrected chi connectivity index (χ2v) is 4.43. The molecule has 0 aliphatic heterocycles. The second kappa shape index (κ2) is 4.43. The van der Waals surface area contributed by atoms with Crippen molar-refractivity contribution in [1.29, 1.82) is 0 Å². The fourth-order valence-corrected chi connectivity index (χ4v) is 2.51. The molecule has 0 saturated carbocycles. The van der Waals surface area contributed by atoms with E-state index in [1.54, 1.807) is 13.2 Å². The molecule has 0 N–H and O–H groups in total. The average Bonchev–Trinajstić information content (AvgIpc) is 2.88. The number of benzene rings is 2. The molecule has 0 aliphatic carbocycles. The van der Waals surface area contributed by atoms with Gasteiger partial charge in [-0.25, -0.2) is 4.79 Å². The molecule has 0 radical (unpaired) electrons. The fourth-order valence-electron chi connectivity index (χ4n) is 2.51. The summed E-state index contributed by atoms with van der Waals surface area (Å²) in [6.45, 7) is 4.08. The van der Waals surface area contributed by atoms with Gasteiger partial charge in [0, 0.05) is 5.39 Å². The predicted octanol–water partition coefficient (Wildman–Crippen LogP) is 4.07. The quantitative estimate of drug-likeness (QED) is 0.647. The number of hydrogen-bond acceptors (Lipinski definition) is 3. The second-order valence-electron chi connectivity index (χ2n) is 4.43. The van der Waals surface area contributed by atoms with Gasteiger partial charge in [0.15, 0.2) is 0 Å². The minimum absolute atomic E-state index is 0.328. The molecule has 0 unspecified atom stereocenters. The molecule has 2 aromatic carbocycles. The summed E-state index contributed by atoms with van der Waals surface area (Å²) in [4.78, 5) is 12.1. The largest absolute Gasteiger partial charge is 0.463 e. The van der Waals surface area contributed by atoms with Crippen molar-refractivity contribution in [2.45, 2.75) is 13.8 Å². The van der Waals surface area contributed by atoms with Crippen LogP contribution in [0.4, 0.5) is 0 Å². The van der Waals surface area contributed by atoms with Crippen LogP contribution in [-0.2, 0) is 4.74 Å². The van der Waals surface area contributed by atoms with E-state index in [-0.39, 0.29) is 5.97 Å². The van der Waals surface area contributed by atoms with Gasteiger partial charge in [0.05, 0.1) is 12.9 Å². The van der Waals surface area contributed by atoms with Crippen molar-refractivity contribution < 1.29 is 13.9 Å². The predicted molar refractivity (Wildman–Crippen MR) is 74.4 cm³/mol. The first-order valence-electron chi connectivity index (χ1n) is 6.29. The molecule has 0 amide bonds. The summed E-state index contributed by atoms with van der Waals surface area (Å²) in [6.07, 6.45) is 1.61. The van der Waals surface area contributed by atoms with Gasteiger partial charge < -0.3 is 9.15 Å². The van der Waals surface area contributed by atoms with Crippen LogP contribution in [-0.4, -0.2) is 12.6 Å². The molecule has 1 aromatic heterocycles. The number of furan rings is 1. The lowest BCUT2D eigenvalue weighted by Crippen LogP contribution is -2.07. The first-order valence-corrected chi connectivity index (χ1v) is 6.29. The summed E-state index contributed by atoms with van der Waals surface area (Å²) >= 11 is 0. The minimum atomic E-state index is -0.328. The summed E-state index contributed by atoms with van der Waals surface area (Å²) in [5.74, 6) is -0.328. The van der Waals surface area contributed by atoms with E-state index in [0.29, 0.717) is 17.8 Å². The highest BCUT2D eigenvalue weighted by Crippen LogP contribution is 2.33. The van der Waals surface area contributed by atoms with Crippen LogP contribution in [0.2, 0.25) is 0 Å². The van der Waals surface area contributed by atoms with E-state index in [2.05, 4.69) is 0 Å². The highest BCUT2D eigenvalue weighted by molar-refractivity contribution is 6.16. The van der Waals surface area contributed by atoms with Crippen LogP contribution in [0, 0.1) is 6.92 Å². The van der Waals surface area contributed by atoms with Gasteiger partial charge >= 0.3 is 5.97 Å². The monoisotopic (exact) mass is 254 g/mol. The molecule has 3 nitrogen and oxygen atoms in total. The van der Waals surface area contributed by atoms with Crippen molar-refractivity contribution in [2.24, 2.45) is 0 Å². The molecule has 0 aliphatic rings. The first-order chi connectivity index (χ1) is 9.24. The number of carbonyl (C=O) groups excluding carboxylic acids is 1. The number of carbonyl (C=O) groups is 1. The molecule has 1 heterocycles. The third-order valence-electron chi connectivity index (χ3n) is 3.37. The number of rotatable bonds is 2. The molecule has 0 atom stereocenters. The van der Waals surface area contributed by atoms with E-state index in [1.165, 1.54) is 0 Å². The number of aryl methyl sites for hydroxylation is 1. The van der Waals surface area contributed by atoms with Gasteiger partial charge in [0.2, 0.25) is 0 Å². The van der Waals surface area contributed by atoms with E-state index in [4.69, 9.17) is 9.15 Å². The third kappa shape index (κ3) is 1.70. The van der Waals surface area contributed by atoms with E-state index >= 15 is 0 Å². The average molecular weight is 254 g/mol. The lowest BCUT2D eigenvalue weighted by atomic mass is 9.97. The maximum Gasteiger partial charge on any atom is 0.342 e. The van der Waals surface area contributed by atoms with Gasteiger partial charge in [-0.1, -0.05) is 24.3 Å². The lowest BCUT2D eigenvalue weighted by Gasteiger charge is -2.10. The van der Waals surface area contributed by atoms with E-state index < -0.39 is 0 Å². The van der Waals surface area contributed by atoms with Crippen LogP contribution >= 0.6 is 0 Å². The summed E-state index contributed by atoms with van der Waals surface area (Å²) in [7, 11) is 0. The van der Waals surface area contributed by atoms with Crippen LogP contribution in [0.3, 0.4) is 0 Å². The van der Waals surface area contributed by atoms with Crippen LogP contribution in [0.5, 0.6) is 0 Å². The lowest BCUT2D eigenvalue weighted by molar-refractivity contribution is 0.0527. The molecule has 0 fully saturated rings. The zero-order valence-electron chi connectivity index (χ0n) is 10.9. The minimum Gasteiger partial charge on any atom is -0.463 e. The molecule has 0 bridgehead atoms. The van der Waals surface area contributed by atoms with E-state index in [1.807, 2.05) is 37.3 Å². The van der Waals surface area contributed by atoms with Gasteiger partial charge in [0.1, 0.15) is 11.1 Å². The smallest absolute Gasteiger partial charge is 0.342 e. The number of esters is 1. The van der Waals surface area contributed by atoms with E-state index in [0.717, 1.165) is 21.7 Å². The Morgan fingerprint density at radius 3 is 2.63 bits per heavy atom. The highest BCUT2D eigenvalue weighted by atomic mass is 16.5. The standard InChI is InChI=1S/C16H14O3/c1-3-18-16(17)14-10(2)11-6-4-5-7-12(11)13-8-9-19-15(13)14/h4-9H,3H2,1-2H3. The molecule has 19 heavy (non-hydrogen) atoms. The number of ether oxygens (including phenoxy) is 1. The zero-order chi connectivity index (χ0) is 13.4. The Kier molecular flexibility index (Phi) is 2.75. The number of fused-ring (bicyclic) bond motifs is 3. The maximum absolute atomic E-state index is 12.1. The molecular weight excluding hydrogens is 240 g/mol. The molecule has 0 saturated heterocycles. The molecule has 3 rings (SSSR count). The Hall–Kier alpha value is -2.29. The summed E-state index contributed by atoms with van der Waals surface area (Å²) < 4.78 is 10.6. The molecule has 0 spiro atoms. The zero-order valence-corrected chi connectivity index (χ0v) is 10.9. The van der Waals surface area contributed by atoms with Crippen molar-refractivity contribution in [3.05, 3.63) is 47.7 Å².